The van der Waals surface area contributed by atoms with Gasteiger partial charge in [0.25, 0.3) is 0 Å². The zero-order valence-electron chi connectivity index (χ0n) is 61.3. The van der Waals surface area contributed by atoms with Gasteiger partial charge in [-0.3, -0.25) is 86.5 Å². The molecule has 16 amide bonds. The van der Waals surface area contributed by atoms with Crippen LogP contribution in [0, 0.1) is 23.7 Å². The molecule has 0 aromatic rings. The summed E-state index contributed by atoms with van der Waals surface area (Å²) in [7, 11) is 0. The first-order chi connectivity index (χ1) is 50.0. The zero-order valence-corrected chi connectivity index (χ0v) is 63.1. The fraction of sp³-hybridized carbons (Fsp3) is 0.698. The molecule has 0 aliphatic rings. The highest BCUT2D eigenvalue weighted by Crippen LogP contribution is 2.15. The molecule has 44 heteroatoms. The number of thiol groups is 2. The lowest BCUT2D eigenvalue weighted by Gasteiger charge is -2.30. The maximum absolute atomic E-state index is 14.4. The smallest absolute Gasteiger partial charge is 0.326 e. The molecule has 0 aliphatic heterocycles. The Morgan fingerprint density at radius 1 is 0.402 bits per heavy atom. The van der Waals surface area contributed by atoms with Gasteiger partial charge in [0.05, 0.1) is 25.6 Å². The molecule has 0 saturated carbocycles. The van der Waals surface area contributed by atoms with E-state index in [0.717, 1.165) is 0 Å². The number of aliphatic carboxylic acids is 2. The highest BCUT2D eigenvalue weighted by atomic mass is 32.1. The van der Waals surface area contributed by atoms with E-state index in [1.54, 1.807) is 13.8 Å². The lowest BCUT2D eigenvalue weighted by Crippen LogP contribution is -2.62. The predicted octanol–water partition coefficient (Wildman–Crippen LogP) is -9.35. The van der Waals surface area contributed by atoms with Crippen LogP contribution in [0.2, 0.25) is 0 Å². The molecule has 0 saturated heterocycles. The Hall–Kier alpha value is -9.69. The van der Waals surface area contributed by atoms with Crippen molar-refractivity contribution in [3.8, 4) is 0 Å². The normalized spacial score (nSPS) is 15.0. The molecular weight excluding hydrogens is 1450 g/mol. The van der Waals surface area contributed by atoms with Crippen molar-refractivity contribution in [3.05, 3.63) is 0 Å². The molecule has 0 rings (SSSR count). The summed E-state index contributed by atoms with van der Waals surface area (Å²) in [5, 5.41) is 60.4. The van der Waals surface area contributed by atoms with Crippen LogP contribution < -0.4 is 109 Å². The Morgan fingerprint density at radius 3 is 1.20 bits per heavy atom. The van der Waals surface area contributed by atoms with E-state index in [2.05, 4.69) is 99.4 Å². The van der Waals surface area contributed by atoms with E-state index in [-0.39, 0.29) is 69.7 Å². The number of carboxylic acids is 2. The van der Waals surface area contributed by atoms with Crippen molar-refractivity contribution in [2.45, 2.75) is 217 Å². The quantitative estimate of drug-likeness (QED) is 0.0116. The number of carbonyl (C=O) groups is 18. The molecule has 0 spiro atoms. The van der Waals surface area contributed by atoms with Gasteiger partial charge in [-0.05, 0) is 81.6 Å². The van der Waals surface area contributed by atoms with Gasteiger partial charge < -0.3 is 125 Å². The van der Waals surface area contributed by atoms with Gasteiger partial charge in [-0.2, -0.15) is 25.3 Å². The third-order valence-corrected chi connectivity index (χ3v) is 17.0. The minimum atomic E-state index is -1.81. The molecule has 0 fully saturated rings. The molecule has 107 heavy (non-hydrogen) atoms. The van der Waals surface area contributed by atoms with Crippen molar-refractivity contribution in [1.82, 2.24) is 69.1 Å². The van der Waals surface area contributed by atoms with Crippen LogP contribution in [0.5, 0.6) is 0 Å². The fourth-order valence-electron chi connectivity index (χ4n) is 9.76. The fourth-order valence-corrected chi connectivity index (χ4v) is 10.3. The van der Waals surface area contributed by atoms with Crippen molar-refractivity contribution < 1.29 is 102 Å². The van der Waals surface area contributed by atoms with Crippen molar-refractivity contribution in [2.75, 3.05) is 37.7 Å². The number of nitrogens with one attached hydrogen (secondary N) is 13. The van der Waals surface area contributed by atoms with Crippen LogP contribution in [0.1, 0.15) is 139 Å². The summed E-state index contributed by atoms with van der Waals surface area (Å²) in [6.45, 7) is 10.4. The predicted molar refractivity (Wildman–Crippen MR) is 391 cm³/mol. The van der Waals surface area contributed by atoms with E-state index >= 15 is 0 Å². The van der Waals surface area contributed by atoms with Gasteiger partial charge in [0, 0.05) is 37.3 Å². The Labute approximate surface area is 629 Å². The summed E-state index contributed by atoms with van der Waals surface area (Å²) >= 11 is 8.37. The Bertz CT molecular complexity index is 3110. The molecule has 606 valence electrons. The summed E-state index contributed by atoms with van der Waals surface area (Å²) < 4.78 is 0. The second-order valence-corrected chi connectivity index (χ2v) is 26.9. The molecule has 30 N–H and O–H groups in total. The average molecular weight is 1560 g/mol. The number of nitrogens with zero attached hydrogens (tertiary/aromatic N) is 1. The monoisotopic (exact) mass is 1560 g/mol. The number of aliphatic hydroxyl groups is 1. The van der Waals surface area contributed by atoms with Crippen LogP contribution in [0.3, 0.4) is 0 Å². The number of hydrogen-bond acceptors (Lipinski definition) is 24. The third-order valence-electron chi connectivity index (χ3n) is 16.2. The maximum Gasteiger partial charge on any atom is 0.326 e. The SMILES string of the molecule is CC[C@H](C)[C@H](NC(=O)[C@H](CS)NC(=O)[C@H](CCCCN)NC(=O)[C@H](CCC(N)=O)NC(=O)[C@@H](NC(=O)[C@@H](NC(=O)[C@H](CCCN=C(N)N)NC(=O)[C@H](CO)NC(=O)CNC(=O)[C@H](CC(N)=O)NC(=O)[C@@H](N)CCC(N)=O)C(C)C)C(C)C)C(=O)N[C@@H](CCC(=O)O)C(=O)N[C@@H](CS)C(=O)N[C@H](C(=O)O)C(C)C. The lowest BCUT2D eigenvalue weighted by molar-refractivity contribution is -0.143. The van der Waals surface area contributed by atoms with Gasteiger partial charge in [0.15, 0.2) is 5.96 Å². The number of nitrogens with two attached hydrogens (primary N) is 7. The van der Waals surface area contributed by atoms with Crippen LogP contribution in [0.4, 0.5) is 0 Å². The topological polar surface area (TPSA) is 719 Å². The maximum atomic E-state index is 14.4. The highest BCUT2D eigenvalue weighted by Gasteiger charge is 2.39. The molecule has 0 aromatic carbocycles. The van der Waals surface area contributed by atoms with E-state index in [4.69, 9.17) is 40.1 Å². The molecule has 0 radical (unpaired) electrons. The van der Waals surface area contributed by atoms with Gasteiger partial charge in [-0.15, -0.1) is 0 Å². The number of primary amides is 3. The first-order valence-electron chi connectivity index (χ1n) is 34.5. The van der Waals surface area contributed by atoms with Gasteiger partial charge in [0.2, 0.25) is 94.5 Å². The standard InChI is InChI=1S/C63H111N21O21S2/c1-9-31(8)49(61(103)77-36(17-20-45(90)91)54(96)80-39(26-106)57(99)83-48(30(6)7)62(104)105)84-58(100)40(27-107)79-52(94)33(13-10-11-21-64)74-53(95)35(16-19-42(67)87)76-59(101)46(28(2)3)82-60(102)47(29(4)5)81-55(97)34(14-12-22-71-63(69)70)75-56(98)38(25-85)73-44(89)24-72-51(93)37(23-43(68)88)78-50(92)32(65)15-18-41(66)86/h28-40,46-49,85,106-107H,9-27,64-65H2,1-8H3,(H2,66,86)(H2,67,87)(H2,68,88)(H,72,93)(H,73,89)(H,74,95)(H,75,98)(H,76,101)(H,77,103)(H,78,92)(H,79,94)(H,80,96)(H,81,97)(H,82,102)(H,83,99)(H,84,100)(H,90,91)(H,104,105)(H4,69,70,71)/t31-,32-,33-,34-,35-,36-,37-,38-,39-,40-,46-,47-,48-,49-/m0/s1. The number of guanidine groups is 1. The number of aliphatic imine (C=N–C) groups is 1. The van der Waals surface area contributed by atoms with Crippen molar-refractivity contribution in [2.24, 2.45) is 68.8 Å². The van der Waals surface area contributed by atoms with Crippen LogP contribution >= 0.6 is 25.3 Å². The van der Waals surface area contributed by atoms with Crippen LogP contribution in [-0.4, -0.2) is 244 Å². The van der Waals surface area contributed by atoms with Gasteiger partial charge in [0.1, 0.15) is 72.5 Å². The minimum Gasteiger partial charge on any atom is -0.481 e. The van der Waals surface area contributed by atoms with Crippen molar-refractivity contribution >= 4 is 138 Å². The van der Waals surface area contributed by atoms with Crippen LogP contribution in [0.15, 0.2) is 4.99 Å². The summed E-state index contributed by atoms with van der Waals surface area (Å²) in [5.41, 5.74) is 38.3. The molecule has 42 nitrogen and oxygen atoms in total. The first-order valence-corrected chi connectivity index (χ1v) is 35.8. The summed E-state index contributed by atoms with van der Waals surface area (Å²) in [5.74, 6) is -22.9. The van der Waals surface area contributed by atoms with E-state index in [0.29, 0.717) is 6.42 Å². The summed E-state index contributed by atoms with van der Waals surface area (Å²) in [4.78, 5) is 241. The lowest BCUT2D eigenvalue weighted by atomic mass is 9.97. The van der Waals surface area contributed by atoms with Crippen molar-refractivity contribution in [3.63, 3.8) is 0 Å². The van der Waals surface area contributed by atoms with E-state index in [9.17, 15) is 102 Å². The number of hydrogen-bond donors (Lipinski definition) is 25. The first kappa shape index (κ1) is 97.3. The number of carbonyl (C=O) groups excluding carboxylic acids is 16. The number of unbranched alkanes of at least 4 members (excludes halogenated alkanes) is 1. The van der Waals surface area contributed by atoms with Gasteiger partial charge in [-0.25, -0.2) is 4.79 Å². The van der Waals surface area contributed by atoms with Crippen LogP contribution in [0.25, 0.3) is 0 Å². The van der Waals surface area contributed by atoms with E-state index < -0.39 is 260 Å². The Kier molecular flexibility index (Phi) is 46.1. The van der Waals surface area contributed by atoms with Gasteiger partial charge >= 0.3 is 11.9 Å². The molecule has 0 unspecified atom stereocenters. The largest absolute Gasteiger partial charge is 0.481 e. The second-order valence-electron chi connectivity index (χ2n) is 26.2. The number of carboxylic acid groups (broad SMARTS) is 2. The highest BCUT2D eigenvalue weighted by molar-refractivity contribution is 7.80. The van der Waals surface area contributed by atoms with Crippen LogP contribution in [-0.2, 0) is 86.3 Å². The molecule has 14 atom stereocenters. The second kappa shape index (κ2) is 50.7. The molecular formula is C63H111N21O21S2. The summed E-state index contributed by atoms with van der Waals surface area (Å²) in [6.07, 6.45) is -3.11. The minimum absolute atomic E-state index is 0.00151. The summed E-state index contributed by atoms with van der Waals surface area (Å²) in [6, 6.07) is -20.1. The van der Waals surface area contributed by atoms with Crippen molar-refractivity contribution in [1.29, 1.82) is 0 Å². The Balaban J connectivity index is 6.87. The average Bonchev–Trinajstić information content (AvgIpc) is 0.851. The number of aliphatic hydroxyl groups excluding tert-OH is 1. The zero-order chi connectivity index (χ0) is 82.1. The molecule has 0 aromatic heterocycles. The van der Waals surface area contributed by atoms with Gasteiger partial charge in [-0.1, -0.05) is 61.8 Å². The molecule has 0 bridgehead atoms. The van der Waals surface area contributed by atoms with E-state index in [1.807, 2.05) is 0 Å². The van der Waals surface area contributed by atoms with E-state index in [1.165, 1.54) is 41.5 Å². The molecule has 0 heterocycles. The molecule has 0 aliphatic carbocycles. The number of amides is 16. The number of rotatable bonds is 54. The third kappa shape index (κ3) is 37.9. The Morgan fingerprint density at radius 2 is 0.776 bits per heavy atom.